The van der Waals surface area contributed by atoms with Gasteiger partial charge in [-0.25, -0.2) is 9.97 Å². The molecule has 0 fully saturated rings. The lowest BCUT2D eigenvalue weighted by Crippen LogP contribution is -1.97. The Balaban J connectivity index is 1.85. The molecule has 0 spiro atoms. The maximum absolute atomic E-state index is 10.8. The molecule has 0 radical (unpaired) electrons. The van der Waals surface area contributed by atoms with Crippen molar-refractivity contribution in [3.8, 4) is 11.3 Å². The number of anilines is 2. The molecule has 9 heteroatoms. The summed E-state index contributed by atoms with van der Waals surface area (Å²) in [4.78, 5) is 18.6. The fraction of sp³-hybridized carbons (Fsp3) is 0.0714. The zero-order chi connectivity index (χ0) is 16.4. The molecule has 2 aromatic heterocycles. The van der Waals surface area contributed by atoms with Crippen LogP contribution in [0.1, 0.15) is 5.82 Å². The van der Waals surface area contributed by atoms with Gasteiger partial charge in [-0.05, 0) is 6.92 Å². The van der Waals surface area contributed by atoms with Crippen LogP contribution in [-0.4, -0.2) is 25.1 Å². The molecule has 3 rings (SSSR count). The molecule has 0 atom stereocenters. The zero-order valence-electron chi connectivity index (χ0n) is 11.9. The molecule has 0 amide bonds. The number of aromatic amines is 1. The Morgan fingerprint density at radius 3 is 2.78 bits per heavy atom. The van der Waals surface area contributed by atoms with Gasteiger partial charge in [0.05, 0.1) is 10.6 Å². The second-order valence-corrected chi connectivity index (χ2v) is 5.11. The summed E-state index contributed by atoms with van der Waals surface area (Å²) >= 11 is 5.88. The summed E-state index contributed by atoms with van der Waals surface area (Å²) in [6, 6.07) is 9.60. The van der Waals surface area contributed by atoms with Gasteiger partial charge in [0.1, 0.15) is 16.8 Å². The Morgan fingerprint density at radius 1 is 1.22 bits per heavy atom. The number of nitro groups is 1. The maximum atomic E-state index is 10.8. The highest BCUT2D eigenvalue weighted by Crippen LogP contribution is 2.25. The van der Waals surface area contributed by atoms with Crippen LogP contribution in [0, 0.1) is 17.0 Å². The second-order valence-electron chi connectivity index (χ2n) is 4.72. The average molecular weight is 331 g/mol. The summed E-state index contributed by atoms with van der Waals surface area (Å²) in [5.74, 6) is 1.56. The molecular weight excluding hydrogens is 320 g/mol. The first-order valence-electron chi connectivity index (χ1n) is 6.60. The molecule has 3 aromatic rings. The van der Waals surface area contributed by atoms with Crippen molar-refractivity contribution in [2.24, 2.45) is 0 Å². The Bertz CT molecular complexity index is 859. The second kappa shape index (κ2) is 6.01. The third-order valence-corrected chi connectivity index (χ3v) is 3.20. The molecule has 2 N–H and O–H groups in total. The van der Waals surface area contributed by atoms with E-state index in [4.69, 9.17) is 11.6 Å². The predicted molar refractivity (Wildman–Crippen MR) is 85.7 cm³/mol. The first-order valence-corrected chi connectivity index (χ1v) is 6.97. The number of H-pyrrole nitrogens is 1. The van der Waals surface area contributed by atoms with Gasteiger partial charge < -0.3 is 5.32 Å². The molecule has 1 aromatic carbocycles. The Morgan fingerprint density at radius 2 is 2.04 bits per heavy atom. The molecular formula is C14H11ClN6O2. The Hall–Kier alpha value is -3.00. The number of benzene rings is 1. The fourth-order valence-corrected chi connectivity index (χ4v) is 2.27. The Labute approximate surface area is 135 Å². The van der Waals surface area contributed by atoms with E-state index in [1.807, 2.05) is 0 Å². The van der Waals surface area contributed by atoms with Crippen molar-refractivity contribution in [3.05, 3.63) is 57.5 Å². The SMILES string of the molecule is Cc1nc(Cl)cc(Nc2cc(-c3cccc([N+](=O)[O-])c3)[nH]n2)n1. The molecule has 8 nitrogen and oxygen atoms in total. The van der Waals surface area contributed by atoms with E-state index in [9.17, 15) is 10.1 Å². The van der Waals surface area contributed by atoms with Gasteiger partial charge in [0.25, 0.3) is 5.69 Å². The number of nitrogens with zero attached hydrogens (tertiary/aromatic N) is 4. The van der Waals surface area contributed by atoms with Gasteiger partial charge in [-0.1, -0.05) is 23.7 Å². The molecule has 0 aliphatic heterocycles. The number of halogens is 1. The lowest BCUT2D eigenvalue weighted by molar-refractivity contribution is -0.384. The number of hydrogen-bond acceptors (Lipinski definition) is 6. The van der Waals surface area contributed by atoms with Crippen molar-refractivity contribution in [3.63, 3.8) is 0 Å². The van der Waals surface area contributed by atoms with Crippen LogP contribution in [0.15, 0.2) is 36.4 Å². The van der Waals surface area contributed by atoms with Crippen molar-refractivity contribution in [1.29, 1.82) is 0 Å². The van der Waals surface area contributed by atoms with Crippen LogP contribution in [-0.2, 0) is 0 Å². The average Bonchev–Trinajstić information content (AvgIpc) is 2.95. The summed E-state index contributed by atoms with van der Waals surface area (Å²) in [6.45, 7) is 1.73. The number of non-ortho nitro benzene ring substituents is 1. The number of aryl methyl sites for hydroxylation is 1. The maximum Gasteiger partial charge on any atom is 0.270 e. The summed E-state index contributed by atoms with van der Waals surface area (Å²) in [7, 11) is 0. The van der Waals surface area contributed by atoms with Crippen LogP contribution in [0.4, 0.5) is 17.3 Å². The van der Waals surface area contributed by atoms with Crippen LogP contribution < -0.4 is 5.32 Å². The van der Waals surface area contributed by atoms with Gasteiger partial charge in [-0.2, -0.15) is 5.10 Å². The van der Waals surface area contributed by atoms with E-state index in [0.29, 0.717) is 33.9 Å². The van der Waals surface area contributed by atoms with Crippen molar-refractivity contribution in [2.45, 2.75) is 6.92 Å². The molecule has 0 aliphatic rings. The highest BCUT2D eigenvalue weighted by Gasteiger charge is 2.10. The van der Waals surface area contributed by atoms with Gasteiger partial charge in [0.15, 0.2) is 5.82 Å². The van der Waals surface area contributed by atoms with Crippen LogP contribution in [0.5, 0.6) is 0 Å². The molecule has 0 bridgehead atoms. The number of rotatable bonds is 4. The van der Waals surface area contributed by atoms with Crippen LogP contribution in [0.3, 0.4) is 0 Å². The van der Waals surface area contributed by atoms with Gasteiger partial charge in [0, 0.05) is 29.8 Å². The molecule has 23 heavy (non-hydrogen) atoms. The number of aromatic nitrogens is 4. The normalized spacial score (nSPS) is 10.5. The van der Waals surface area contributed by atoms with Crippen molar-refractivity contribution in [1.82, 2.24) is 20.2 Å². The van der Waals surface area contributed by atoms with Crippen LogP contribution in [0.25, 0.3) is 11.3 Å². The van der Waals surface area contributed by atoms with Crippen LogP contribution in [0.2, 0.25) is 5.15 Å². The lowest BCUT2D eigenvalue weighted by Gasteiger charge is -2.02. The van der Waals surface area contributed by atoms with Crippen molar-refractivity contribution < 1.29 is 4.92 Å². The summed E-state index contributed by atoms with van der Waals surface area (Å²) < 4.78 is 0. The topological polar surface area (TPSA) is 110 Å². The summed E-state index contributed by atoms with van der Waals surface area (Å²) in [5, 5.41) is 21.1. The van der Waals surface area contributed by atoms with Crippen LogP contribution >= 0.6 is 11.6 Å². The molecule has 0 saturated heterocycles. The van der Waals surface area contributed by atoms with Gasteiger partial charge >= 0.3 is 0 Å². The van der Waals surface area contributed by atoms with Gasteiger partial charge in [-0.3, -0.25) is 15.2 Å². The third kappa shape index (κ3) is 3.43. The molecule has 0 unspecified atom stereocenters. The minimum absolute atomic E-state index is 0.0183. The van der Waals surface area contributed by atoms with E-state index < -0.39 is 4.92 Å². The first kappa shape index (κ1) is 14.9. The number of hydrogen-bond donors (Lipinski definition) is 2. The van der Waals surface area contributed by atoms with E-state index in [1.165, 1.54) is 12.1 Å². The zero-order valence-corrected chi connectivity index (χ0v) is 12.7. The molecule has 0 saturated carbocycles. The van der Waals surface area contributed by atoms with E-state index in [0.717, 1.165) is 0 Å². The van der Waals surface area contributed by atoms with Crippen molar-refractivity contribution in [2.75, 3.05) is 5.32 Å². The number of nitro benzene ring substituents is 1. The molecule has 2 heterocycles. The highest BCUT2D eigenvalue weighted by atomic mass is 35.5. The summed E-state index contributed by atoms with van der Waals surface area (Å²) in [5.41, 5.74) is 1.33. The highest BCUT2D eigenvalue weighted by molar-refractivity contribution is 6.29. The Kier molecular flexibility index (Phi) is 3.90. The first-order chi connectivity index (χ1) is 11.0. The van der Waals surface area contributed by atoms with Crippen molar-refractivity contribution >= 4 is 28.9 Å². The van der Waals surface area contributed by atoms with E-state index in [2.05, 4.69) is 25.5 Å². The molecule has 0 aliphatic carbocycles. The van der Waals surface area contributed by atoms with E-state index in [-0.39, 0.29) is 5.69 Å². The summed E-state index contributed by atoms with van der Waals surface area (Å²) in [6.07, 6.45) is 0. The smallest absolute Gasteiger partial charge is 0.270 e. The predicted octanol–water partition coefficient (Wildman–Crippen LogP) is 3.48. The monoisotopic (exact) mass is 330 g/mol. The van der Waals surface area contributed by atoms with E-state index in [1.54, 1.807) is 31.2 Å². The largest absolute Gasteiger partial charge is 0.323 e. The molecule has 116 valence electrons. The number of nitrogens with one attached hydrogen (secondary N) is 2. The quantitative estimate of drug-likeness (QED) is 0.430. The standard InChI is InChI=1S/C14H11ClN6O2/c1-8-16-12(15)7-13(17-8)18-14-6-11(19-20-14)9-3-2-4-10(5-9)21(22)23/h2-7H,1H3,(H2,16,17,18,19,20). The fourth-order valence-electron chi connectivity index (χ4n) is 2.05. The van der Waals surface area contributed by atoms with E-state index >= 15 is 0 Å². The minimum atomic E-state index is -0.440. The minimum Gasteiger partial charge on any atom is -0.323 e. The lowest BCUT2D eigenvalue weighted by atomic mass is 10.1. The van der Waals surface area contributed by atoms with Gasteiger partial charge in [0.2, 0.25) is 0 Å². The van der Waals surface area contributed by atoms with Gasteiger partial charge in [-0.15, -0.1) is 0 Å². The third-order valence-electron chi connectivity index (χ3n) is 3.01.